The first-order valence-electron chi connectivity index (χ1n) is 2.67. The van der Waals surface area contributed by atoms with E-state index >= 15 is 0 Å². The van der Waals surface area contributed by atoms with E-state index in [1.807, 2.05) is 0 Å². The summed E-state index contributed by atoms with van der Waals surface area (Å²) in [5.41, 5.74) is 0.741. The van der Waals surface area contributed by atoms with Gasteiger partial charge in [-0.25, -0.2) is 0 Å². The molecule has 0 spiro atoms. The second-order valence-corrected chi connectivity index (χ2v) is 1.74. The minimum Gasteiger partial charge on any atom is -0.472 e. The molecule has 1 aromatic rings. The van der Waals surface area contributed by atoms with Gasteiger partial charge in [0, 0.05) is 5.56 Å². The Labute approximate surface area is 53.4 Å². The van der Waals surface area contributed by atoms with E-state index in [9.17, 15) is 0 Å². The summed E-state index contributed by atoms with van der Waals surface area (Å²) in [5, 5.41) is 9.04. The smallest absolute Gasteiger partial charge is 0.1000 e. The second-order valence-electron chi connectivity index (χ2n) is 1.74. The quantitative estimate of drug-likeness (QED) is 0.606. The summed E-state index contributed by atoms with van der Waals surface area (Å²) in [6.07, 6.45) is 3.86. The molecule has 0 saturated heterocycles. The maximum atomic E-state index is 9.04. The normalized spacial score (nSPS) is 13.0. The first kappa shape index (κ1) is 6.11. The molecule has 1 rings (SSSR count). The van der Waals surface area contributed by atoms with Gasteiger partial charge >= 0.3 is 0 Å². The summed E-state index contributed by atoms with van der Waals surface area (Å²) in [6.45, 7) is 3.42. The summed E-state index contributed by atoms with van der Waals surface area (Å²) < 4.78 is 4.73. The third-order valence-corrected chi connectivity index (χ3v) is 1.11. The fourth-order valence-corrected chi connectivity index (χ4v) is 0.579. The first-order chi connectivity index (χ1) is 4.34. The van der Waals surface area contributed by atoms with E-state index in [4.69, 9.17) is 9.52 Å². The third kappa shape index (κ3) is 1.21. The van der Waals surface area contributed by atoms with Crippen molar-refractivity contribution in [1.29, 1.82) is 0 Å². The molecule has 0 aliphatic rings. The van der Waals surface area contributed by atoms with Gasteiger partial charge in [-0.1, -0.05) is 6.08 Å². The molecule has 1 heterocycles. The SMILES string of the molecule is C=C[C@H](O)c1ccoc1. The fraction of sp³-hybridized carbons (Fsp3) is 0.143. The van der Waals surface area contributed by atoms with Crippen LogP contribution in [0.1, 0.15) is 11.7 Å². The lowest BCUT2D eigenvalue weighted by Gasteiger charge is -1.96. The summed E-state index contributed by atoms with van der Waals surface area (Å²) in [7, 11) is 0. The van der Waals surface area contributed by atoms with Crippen molar-refractivity contribution < 1.29 is 9.52 Å². The van der Waals surface area contributed by atoms with Crippen LogP contribution in [0.2, 0.25) is 0 Å². The summed E-state index contributed by atoms with van der Waals surface area (Å²) in [6, 6.07) is 1.70. The van der Waals surface area contributed by atoms with Crippen LogP contribution in [-0.4, -0.2) is 5.11 Å². The Bertz CT molecular complexity index is 177. The predicted octanol–water partition coefficient (Wildman–Crippen LogP) is 1.50. The van der Waals surface area contributed by atoms with E-state index in [0.717, 1.165) is 5.56 Å². The van der Waals surface area contributed by atoms with Gasteiger partial charge in [-0.15, -0.1) is 6.58 Å². The number of aliphatic hydroxyl groups is 1. The van der Waals surface area contributed by atoms with Gasteiger partial charge in [0.05, 0.1) is 18.6 Å². The maximum absolute atomic E-state index is 9.04. The molecule has 9 heavy (non-hydrogen) atoms. The molecule has 0 fully saturated rings. The van der Waals surface area contributed by atoms with Crippen LogP contribution in [0.25, 0.3) is 0 Å². The Morgan fingerprint density at radius 3 is 3.00 bits per heavy atom. The molecule has 0 bridgehead atoms. The van der Waals surface area contributed by atoms with E-state index in [2.05, 4.69) is 6.58 Å². The topological polar surface area (TPSA) is 33.4 Å². The lowest BCUT2D eigenvalue weighted by atomic mass is 10.2. The van der Waals surface area contributed by atoms with Gasteiger partial charge in [0.15, 0.2) is 0 Å². The maximum Gasteiger partial charge on any atom is 0.1000 e. The van der Waals surface area contributed by atoms with Gasteiger partial charge in [-0.05, 0) is 6.07 Å². The van der Waals surface area contributed by atoms with E-state index in [-0.39, 0.29) is 0 Å². The van der Waals surface area contributed by atoms with Crippen molar-refractivity contribution in [2.45, 2.75) is 6.10 Å². The van der Waals surface area contributed by atoms with Crippen LogP contribution in [0.4, 0.5) is 0 Å². The molecule has 1 atom stereocenters. The lowest BCUT2D eigenvalue weighted by molar-refractivity contribution is 0.228. The standard InChI is InChI=1S/C7H8O2/c1-2-7(8)6-3-4-9-5-6/h2-5,7-8H,1H2/t7-/m0/s1. The largest absolute Gasteiger partial charge is 0.472 e. The van der Waals surface area contributed by atoms with Crippen LogP contribution >= 0.6 is 0 Å². The molecule has 0 radical (unpaired) electrons. The lowest BCUT2D eigenvalue weighted by Crippen LogP contribution is -1.87. The molecule has 0 aromatic carbocycles. The molecule has 0 saturated carbocycles. The minimum atomic E-state index is -0.594. The zero-order valence-corrected chi connectivity index (χ0v) is 4.95. The van der Waals surface area contributed by atoms with Gasteiger partial charge < -0.3 is 9.52 Å². The molecule has 0 aliphatic heterocycles. The van der Waals surface area contributed by atoms with Crippen LogP contribution in [0, 0.1) is 0 Å². The molecule has 1 N–H and O–H groups in total. The summed E-state index contributed by atoms with van der Waals surface area (Å²) >= 11 is 0. The molecule has 2 heteroatoms. The van der Waals surface area contributed by atoms with Gasteiger partial charge in [0.25, 0.3) is 0 Å². The minimum absolute atomic E-state index is 0.594. The van der Waals surface area contributed by atoms with E-state index in [1.54, 1.807) is 6.07 Å². The van der Waals surface area contributed by atoms with Crippen LogP contribution in [-0.2, 0) is 0 Å². The Balaban J connectivity index is 2.76. The van der Waals surface area contributed by atoms with Crippen LogP contribution < -0.4 is 0 Å². The molecular formula is C7H8O2. The van der Waals surface area contributed by atoms with Gasteiger partial charge in [0.1, 0.15) is 0 Å². The predicted molar refractivity (Wildman–Crippen MR) is 33.9 cm³/mol. The molecular weight excluding hydrogens is 116 g/mol. The highest BCUT2D eigenvalue weighted by Crippen LogP contribution is 2.12. The molecule has 48 valence electrons. The molecule has 0 amide bonds. The van der Waals surface area contributed by atoms with E-state index in [0.29, 0.717) is 0 Å². The zero-order valence-electron chi connectivity index (χ0n) is 4.95. The van der Waals surface area contributed by atoms with Gasteiger partial charge in [0.2, 0.25) is 0 Å². The molecule has 0 unspecified atom stereocenters. The van der Waals surface area contributed by atoms with Crippen LogP contribution in [0.15, 0.2) is 35.7 Å². The average molecular weight is 124 g/mol. The highest BCUT2D eigenvalue weighted by atomic mass is 16.3. The molecule has 0 aliphatic carbocycles. The number of hydrogen-bond acceptors (Lipinski definition) is 2. The van der Waals surface area contributed by atoms with E-state index in [1.165, 1.54) is 18.6 Å². The molecule has 1 aromatic heterocycles. The van der Waals surface area contributed by atoms with Crippen molar-refractivity contribution in [2.24, 2.45) is 0 Å². The third-order valence-electron chi connectivity index (χ3n) is 1.11. The van der Waals surface area contributed by atoms with Crippen molar-refractivity contribution >= 4 is 0 Å². The number of furan rings is 1. The molecule has 2 nitrogen and oxygen atoms in total. The monoisotopic (exact) mass is 124 g/mol. The summed E-state index contributed by atoms with van der Waals surface area (Å²) in [5.74, 6) is 0. The Kier molecular flexibility index (Phi) is 1.70. The van der Waals surface area contributed by atoms with Crippen LogP contribution in [0.5, 0.6) is 0 Å². The first-order valence-corrected chi connectivity index (χ1v) is 2.67. The van der Waals surface area contributed by atoms with Crippen molar-refractivity contribution in [2.75, 3.05) is 0 Å². The average Bonchev–Trinajstić information content (AvgIpc) is 2.37. The van der Waals surface area contributed by atoms with Crippen molar-refractivity contribution in [3.05, 3.63) is 36.8 Å². The van der Waals surface area contributed by atoms with E-state index < -0.39 is 6.10 Å². The number of aliphatic hydroxyl groups excluding tert-OH is 1. The van der Waals surface area contributed by atoms with Crippen molar-refractivity contribution in [3.63, 3.8) is 0 Å². The highest BCUT2D eigenvalue weighted by Gasteiger charge is 2.01. The van der Waals surface area contributed by atoms with Crippen LogP contribution in [0.3, 0.4) is 0 Å². The van der Waals surface area contributed by atoms with Gasteiger partial charge in [-0.2, -0.15) is 0 Å². The Morgan fingerprint density at radius 1 is 1.78 bits per heavy atom. The van der Waals surface area contributed by atoms with Crippen molar-refractivity contribution in [1.82, 2.24) is 0 Å². The number of rotatable bonds is 2. The highest BCUT2D eigenvalue weighted by molar-refractivity contribution is 5.13. The Hall–Kier alpha value is -1.02. The van der Waals surface area contributed by atoms with Gasteiger partial charge in [-0.3, -0.25) is 0 Å². The van der Waals surface area contributed by atoms with Crippen molar-refractivity contribution in [3.8, 4) is 0 Å². The zero-order chi connectivity index (χ0) is 6.69. The number of hydrogen-bond donors (Lipinski definition) is 1. The Morgan fingerprint density at radius 2 is 2.56 bits per heavy atom. The fourth-order valence-electron chi connectivity index (χ4n) is 0.579. The summed E-state index contributed by atoms with van der Waals surface area (Å²) in [4.78, 5) is 0. The second kappa shape index (κ2) is 2.51.